The second kappa shape index (κ2) is 7.53. The number of nitrogens with one attached hydrogen (secondary N) is 1. The first-order valence-electron chi connectivity index (χ1n) is 9.75. The molecule has 0 unspecified atom stereocenters. The predicted octanol–water partition coefficient (Wildman–Crippen LogP) is 4.61. The third-order valence-electron chi connectivity index (χ3n) is 5.08. The third-order valence-corrected chi connectivity index (χ3v) is 5.08. The van der Waals surface area contributed by atoms with E-state index in [-0.39, 0.29) is 11.4 Å². The van der Waals surface area contributed by atoms with Crippen LogP contribution in [0.4, 0.5) is 15.9 Å². The quantitative estimate of drug-likeness (QED) is 0.452. The molecule has 0 saturated heterocycles. The summed E-state index contributed by atoms with van der Waals surface area (Å²) in [5.74, 6) is -0.657. The number of hydrogen-bond acceptors (Lipinski definition) is 4. The first kappa shape index (κ1) is 18.7. The van der Waals surface area contributed by atoms with Gasteiger partial charge >= 0.3 is 0 Å². The summed E-state index contributed by atoms with van der Waals surface area (Å²) in [5.41, 5.74) is 10.3. The number of fused-ring (bicyclic) bond motifs is 2. The maximum atomic E-state index is 13.6. The third kappa shape index (κ3) is 3.46. The summed E-state index contributed by atoms with van der Waals surface area (Å²) >= 11 is 0. The number of nitrogens with zero attached hydrogens (tertiary/aromatic N) is 3. The van der Waals surface area contributed by atoms with Gasteiger partial charge in [-0.15, -0.1) is 0 Å². The molecule has 0 atom stereocenters. The van der Waals surface area contributed by atoms with Crippen molar-refractivity contribution in [1.82, 2.24) is 14.5 Å². The van der Waals surface area contributed by atoms with Gasteiger partial charge in [0.05, 0.1) is 17.6 Å². The fraction of sp³-hybridized carbons (Fsp3) is 0.0417. The number of rotatable bonds is 4. The van der Waals surface area contributed by atoms with Gasteiger partial charge in [-0.3, -0.25) is 4.79 Å². The molecule has 0 aliphatic rings. The summed E-state index contributed by atoms with van der Waals surface area (Å²) in [6, 6.07) is 22.9. The Bertz CT molecular complexity index is 1430. The number of anilines is 2. The van der Waals surface area contributed by atoms with Crippen molar-refractivity contribution in [2.75, 3.05) is 11.1 Å². The molecule has 7 heteroatoms. The van der Waals surface area contributed by atoms with Crippen molar-refractivity contribution in [1.29, 1.82) is 0 Å². The molecule has 0 bridgehead atoms. The van der Waals surface area contributed by atoms with Crippen molar-refractivity contribution >= 4 is 39.6 Å². The molecular weight excluding hydrogens is 393 g/mol. The topological polar surface area (TPSA) is 85.8 Å². The first-order chi connectivity index (χ1) is 15.1. The zero-order valence-electron chi connectivity index (χ0n) is 16.4. The number of para-hydroxylation sites is 2. The number of benzene rings is 3. The average Bonchev–Trinajstić information content (AvgIpc) is 3.03. The zero-order chi connectivity index (χ0) is 21.4. The molecule has 5 aromatic rings. The lowest BCUT2D eigenvalue weighted by molar-refractivity contribution is 0.102. The summed E-state index contributed by atoms with van der Waals surface area (Å²) in [6.45, 7) is 0.434. The van der Waals surface area contributed by atoms with E-state index in [1.807, 2.05) is 54.6 Å². The standard InChI is InChI=1S/C24H18FN5O/c25-16-9-6-10-17(13-16)27-24(31)20-21-23(29-19-12-5-4-11-18(19)28-21)30(22(20)26)14-15-7-2-1-3-8-15/h1-13H,14,26H2,(H,27,31). The maximum absolute atomic E-state index is 13.6. The smallest absolute Gasteiger partial charge is 0.261 e. The van der Waals surface area contributed by atoms with E-state index in [1.54, 1.807) is 10.6 Å². The minimum Gasteiger partial charge on any atom is -0.384 e. The molecular formula is C24H18FN5O. The van der Waals surface area contributed by atoms with Gasteiger partial charge in [0, 0.05) is 5.69 Å². The molecule has 5 rings (SSSR count). The molecule has 0 saturated carbocycles. The highest BCUT2D eigenvalue weighted by Crippen LogP contribution is 2.29. The van der Waals surface area contributed by atoms with Crippen LogP contribution < -0.4 is 11.1 Å². The van der Waals surface area contributed by atoms with E-state index in [2.05, 4.69) is 10.3 Å². The second-order valence-electron chi connectivity index (χ2n) is 7.18. The Kier molecular flexibility index (Phi) is 4.55. The Balaban J connectivity index is 1.68. The Labute approximate surface area is 177 Å². The van der Waals surface area contributed by atoms with Gasteiger partial charge in [-0.2, -0.15) is 0 Å². The van der Waals surface area contributed by atoms with E-state index < -0.39 is 11.7 Å². The van der Waals surface area contributed by atoms with Crippen molar-refractivity contribution in [2.45, 2.75) is 6.54 Å². The number of halogens is 1. The van der Waals surface area contributed by atoms with Crippen molar-refractivity contribution in [3.8, 4) is 0 Å². The lowest BCUT2D eigenvalue weighted by Crippen LogP contribution is -2.15. The van der Waals surface area contributed by atoms with Gasteiger partial charge < -0.3 is 15.6 Å². The van der Waals surface area contributed by atoms with Crippen LogP contribution in [0.2, 0.25) is 0 Å². The molecule has 3 aromatic carbocycles. The van der Waals surface area contributed by atoms with E-state index in [9.17, 15) is 9.18 Å². The Morgan fingerprint density at radius 2 is 1.65 bits per heavy atom. The molecule has 0 radical (unpaired) electrons. The molecule has 31 heavy (non-hydrogen) atoms. The van der Waals surface area contributed by atoms with E-state index >= 15 is 0 Å². The molecule has 0 aliphatic heterocycles. The van der Waals surface area contributed by atoms with Crippen molar-refractivity contribution < 1.29 is 9.18 Å². The van der Waals surface area contributed by atoms with Crippen molar-refractivity contribution in [3.05, 3.63) is 95.8 Å². The average molecular weight is 411 g/mol. The van der Waals surface area contributed by atoms with Crippen LogP contribution in [-0.4, -0.2) is 20.4 Å². The highest BCUT2D eigenvalue weighted by Gasteiger charge is 2.24. The SMILES string of the molecule is Nc1c(C(=O)Nc2cccc(F)c2)c2nc3ccccc3nc2n1Cc1ccccc1. The lowest BCUT2D eigenvalue weighted by atomic mass is 10.2. The Hall–Kier alpha value is -4.26. The van der Waals surface area contributed by atoms with Crippen LogP contribution in [0.25, 0.3) is 22.2 Å². The molecule has 2 aromatic heterocycles. The predicted molar refractivity (Wildman–Crippen MR) is 119 cm³/mol. The number of hydrogen-bond donors (Lipinski definition) is 2. The van der Waals surface area contributed by atoms with Gasteiger partial charge in [-0.05, 0) is 35.9 Å². The van der Waals surface area contributed by atoms with Crippen LogP contribution >= 0.6 is 0 Å². The van der Waals surface area contributed by atoms with E-state index in [0.29, 0.717) is 34.4 Å². The minimum atomic E-state index is -0.468. The Morgan fingerprint density at radius 1 is 0.935 bits per heavy atom. The van der Waals surface area contributed by atoms with Crippen LogP contribution in [-0.2, 0) is 6.54 Å². The number of nitrogens with two attached hydrogens (primary N) is 1. The van der Waals surface area contributed by atoms with Crippen molar-refractivity contribution in [2.24, 2.45) is 0 Å². The molecule has 3 N–H and O–H groups in total. The maximum Gasteiger partial charge on any atom is 0.261 e. The molecule has 0 spiro atoms. The number of amides is 1. The Morgan fingerprint density at radius 3 is 2.39 bits per heavy atom. The van der Waals surface area contributed by atoms with Gasteiger partial charge in [0.25, 0.3) is 5.91 Å². The number of carbonyl (C=O) groups is 1. The number of carbonyl (C=O) groups excluding carboxylic acids is 1. The summed E-state index contributed by atoms with van der Waals surface area (Å²) in [4.78, 5) is 22.6. The van der Waals surface area contributed by atoms with Gasteiger partial charge in [-0.25, -0.2) is 14.4 Å². The van der Waals surface area contributed by atoms with Gasteiger partial charge in [0.2, 0.25) is 0 Å². The van der Waals surface area contributed by atoms with Crippen LogP contribution in [0, 0.1) is 5.82 Å². The first-order valence-corrected chi connectivity index (χ1v) is 9.75. The molecule has 6 nitrogen and oxygen atoms in total. The van der Waals surface area contributed by atoms with Crippen LogP contribution in [0.1, 0.15) is 15.9 Å². The van der Waals surface area contributed by atoms with Gasteiger partial charge in [0.1, 0.15) is 22.7 Å². The monoisotopic (exact) mass is 411 g/mol. The van der Waals surface area contributed by atoms with Crippen LogP contribution in [0.3, 0.4) is 0 Å². The minimum absolute atomic E-state index is 0.216. The molecule has 1 amide bonds. The summed E-state index contributed by atoms with van der Waals surface area (Å²) in [7, 11) is 0. The second-order valence-corrected chi connectivity index (χ2v) is 7.18. The van der Waals surface area contributed by atoms with E-state index in [4.69, 9.17) is 10.7 Å². The summed E-state index contributed by atoms with van der Waals surface area (Å²) < 4.78 is 15.4. The molecule has 0 aliphatic carbocycles. The largest absolute Gasteiger partial charge is 0.384 e. The molecule has 2 heterocycles. The normalized spacial score (nSPS) is 11.1. The highest BCUT2D eigenvalue weighted by molar-refractivity contribution is 6.16. The van der Waals surface area contributed by atoms with E-state index in [1.165, 1.54) is 18.2 Å². The fourth-order valence-electron chi connectivity index (χ4n) is 3.63. The van der Waals surface area contributed by atoms with Gasteiger partial charge in [0.15, 0.2) is 5.65 Å². The van der Waals surface area contributed by atoms with Gasteiger partial charge in [-0.1, -0.05) is 48.5 Å². The number of aromatic nitrogens is 3. The lowest BCUT2D eigenvalue weighted by Gasteiger charge is -2.08. The fourth-order valence-corrected chi connectivity index (χ4v) is 3.63. The van der Waals surface area contributed by atoms with E-state index in [0.717, 1.165) is 5.56 Å². The zero-order valence-corrected chi connectivity index (χ0v) is 16.4. The van der Waals surface area contributed by atoms with Crippen molar-refractivity contribution in [3.63, 3.8) is 0 Å². The van der Waals surface area contributed by atoms with Crippen LogP contribution in [0.5, 0.6) is 0 Å². The summed E-state index contributed by atoms with van der Waals surface area (Å²) in [6.07, 6.45) is 0. The number of nitrogen functional groups attached to an aromatic ring is 1. The van der Waals surface area contributed by atoms with Crippen LogP contribution in [0.15, 0.2) is 78.9 Å². The summed E-state index contributed by atoms with van der Waals surface area (Å²) in [5, 5.41) is 2.72. The highest BCUT2D eigenvalue weighted by atomic mass is 19.1. The molecule has 0 fully saturated rings. The molecule has 152 valence electrons.